The van der Waals surface area contributed by atoms with E-state index in [-0.39, 0.29) is 24.5 Å². The first-order valence-electron chi connectivity index (χ1n) is 7.72. The van der Waals surface area contributed by atoms with Crippen molar-refractivity contribution < 1.29 is 14.6 Å². The Bertz CT molecular complexity index is 565. The van der Waals surface area contributed by atoms with E-state index < -0.39 is 6.10 Å². The van der Waals surface area contributed by atoms with E-state index in [1.807, 2.05) is 19.9 Å². The number of ether oxygens (including phenoxy) is 1. The van der Waals surface area contributed by atoms with Crippen molar-refractivity contribution >= 4 is 11.6 Å². The molecule has 0 aliphatic rings. The number of nitrogens with zero attached hydrogens (tertiary/aromatic N) is 1. The number of nitrogens with one attached hydrogen (secondary N) is 2. The van der Waals surface area contributed by atoms with Gasteiger partial charge < -0.3 is 20.5 Å². The summed E-state index contributed by atoms with van der Waals surface area (Å²) in [6.45, 7) is 8.08. The van der Waals surface area contributed by atoms with Gasteiger partial charge in [-0.3, -0.25) is 4.79 Å². The normalized spacial score (nSPS) is 12.1. The topological polar surface area (TPSA) is 94.4 Å². The van der Waals surface area contributed by atoms with Crippen LogP contribution in [0.15, 0.2) is 18.2 Å². The number of amides is 1. The molecule has 0 radical (unpaired) electrons. The van der Waals surface area contributed by atoms with E-state index in [2.05, 4.69) is 10.6 Å². The van der Waals surface area contributed by atoms with Gasteiger partial charge in [0.05, 0.1) is 5.56 Å². The lowest BCUT2D eigenvalue weighted by molar-refractivity contribution is -0.118. The number of aliphatic hydroxyl groups is 1. The highest BCUT2D eigenvalue weighted by molar-refractivity contribution is 5.92. The molecule has 0 aliphatic carbocycles. The molecule has 0 spiro atoms. The van der Waals surface area contributed by atoms with Crippen molar-refractivity contribution in [3.8, 4) is 11.8 Å². The second-order valence-electron chi connectivity index (χ2n) is 5.99. The molecular weight excluding hydrogens is 294 g/mol. The molecule has 0 saturated carbocycles. The summed E-state index contributed by atoms with van der Waals surface area (Å²) in [4.78, 5) is 11.7. The van der Waals surface area contributed by atoms with Gasteiger partial charge in [0.15, 0.2) is 0 Å². The molecule has 0 fully saturated rings. The molecule has 0 heterocycles. The van der Waals surface area contributed by atoms with Crippen molar-refractivity contribution in [3.63, 3.8) is 0 Å². The van der Waals surface area contributed by atoms with Crippen LogP contribution in [0.5, 0.6) is 5.75 Å². The molecule has 126 valence electrons. The zero-order chi connectivity index (χ0) is 17.4. The number of carbonyl (C=O) groups excluding carboxylic acids is 1. The zero-order valence-electron chi connectivity index (χ0n) is 14.1. The maximum absolute atomic E-state index is 11.7. The lowest BCUT2D eigenvalue weighted by Crippen LogP contribution is -2.35. The first kappa shape index (κ1) is 18.9. The largest absolute Gasteiger partial charge is 0.489 e. The van der Waals surface area contributed by atoms with E-state index in [0.29, 0.717) is 23.5 Å². The second kappa shape index (κ2) is 9.13. The molecule has 0 saturated heterocycles. The summed E-state index contributed by atoms with van der Waals surface area (Å²) < 4.78 is 5.50. The van der Waals surface area contributed by atoms with Crippen LogP contribution >= 0.6 is 0 Å². The molecular formula is C17H25N3O3. The number of nitriles is 1. The summed E-state index contributed by atoms with van der Waals surface area (Å²) in [5.74, 6) is 0.136. The van der Waals surface area contributed by atoms with Gasteiger partial charge in [-0.2, -0.15) is 5.26 Å². The van der Waals surface area contributed by atoms with E-state index in [1.54, 1.807) is 32.0 Å². The highest BCUT2D eigenvalue weighted by Crippen LogP contribution is 2.22. The van der Waals surface area contributed by atoms with Crippen LogP contribution in [0.25, 0.3) is 0 Å². The number of hydrogen-bond donors (Lipinski definition) is 3. The Kier molecular flexibility index (Phi) is 7.52. The van der Waals surface area contributed by atoms with Crippen molar-refractivity contribution in [3.05, 3.63) is 23.8 Å². The summed E-state index contributed by atoms with van der Waals surface area (Å²) >= 11 is 0. The number of rotatable bonds is 8. The van der Waals surface area contributed by atoms with Crippen molar-refractivity contribution in [2.45, 2.75) is 39.8 Å². The number of anilines is 1. The first-order valence-corrected chi connectivity index (χ1v) is 7.72. The molecule has 6 heteroatoms. The van der Waals surface area contributed by atoms with E-state index in [0.717, 1.165) is 0 Å². The minimum atomic E-state index is -0.663. The monoisotopic (exact) mass is 319 g/mol. The summed E-state index contributed by atoms with van der Waals surface area (Å²) in [6, 6.07) is 7.18. The second-order valence-corrected chi connectivity index (χ2v) is 5.99. The third-order valence-electron chi connectivity index (χ3n) is 3.08. The Hall–Kier alpha value is -2.10. The molecule has 0 aromatic heterocycles. The maximum Gasteiger partial charge on any atom is 0.226 e. The molecule has 3 N–H and O–H groups in total. The van der Waals surface area contributed by atoms with Crippen LogP contribution in [-0.2, 0) is 4.79 Å². The third kappa shape index (κ3) is 6.68. The van der Waals surface area contributed by atoms with Gasteiger partial charge in [-0.05, 0) is 18.2 Å². The van der Waals surface area contributed by atoms with Gasteiger partial charge in [-0.15, -0.1) is 0 Å². The lowest BCUT2D eigenvalue weighted by atomic mass is 10.1. The summed E-state index contributed by atoms with van der Waals surface area (Å²) in [6.07, 6.45) is -0.663. The fraction of sp³-hybridized carbons (Fsp3) is 0.529. The summed E-state index contributed by atoms with van der Waals surface area (Å²) in [7, 11) is 0. The van der Waals surface area contributed by atoms with Gasteiger partial charge in [0.1, 0.15) is 24.5 Å². The third-order valence-corrected chi connectivity index (χ3v) is 3.08. The summed E-state index contributed by atoms with van der Waals surface area (Å²) in [5, 5.41) is 24.9. The van der Waals surface area contributed by atoms with Crippen LogP contribution < -0.4 is 15.4 Å². The van der Waals surface area contributed by atoms with E-state index in [1.165, 1.54) is 0 Å². The Morgan fingerprint density at radius 2 is 2.04 bits per heavy atom. The average molecular weight is 319 g/mol. The molecule has 23 heavy (non-hydrogen) atoms. The zero-order valence-corrected chi connectivity index (χ0v) is 14.1. The molecule has 1 aromatic carbocycles. The van der Waals surface area contributed by atoms with Gasteiger partial charge in [0.25, 0.3) is 0 Å². The predicted octanol–water partition coefficient (Wildman–Crippen LogP) is 1.89. The number of aliphatic hydroxyl groups excluding tert-OH is 1. The minimum absolute atomic E-state index is 0.0894. The fourth-order valence-corrected chi connectivity index (χ4v) is 1.72. The van der Waals surface area contributed by atoms with Crippen LogP contribution in [0.3, 0.4) is 0 Å². The smallest absolute Gasteiger partial charge is 0.226 e. The lowest BCUT2D eigenvalue weighted by Gasteiger charge is -2.16. The van der Waals surface area contributed by atoms with Crippen LogP contribution in [0.2, 0.25) is 0 Å². The predicted molar refractivity (Wildman–Crippen MR) is 89.3 cm³/mol. The highest BCUT2D eigenvalue weighted by Gasteiger charge is 2.12. The van der Waals surface area contributed by atoms with E-state index in [4.69, 9.17) is 4.74 Å². The Balaban J connectivity index is 2.66. The van der Waals surface area contributed by atoms with Crippen LogP contribution in [-0.4, -0.2) is 36.3 Å². The standard InChI is InChI=1S/C17H25N3O3/c1-11(2)17(22)20-14-5-6-16(13(7-14)8-18)23-10-15(21)9-19-12(3)4/h5-7,11-12,15,19,21H,9-10H2,1-4H3,(H,20,22). The molecule has 1 unspecified atom stereocenters. The van der Waals surface area contributed by atoms with Gasteiger partial charge in [0.2, 0.25) is 5.91 Å². The van der Waals surface area contributed by atoms with E-state index >= 15 is 0 Å². The Morgan fingerprint density at radius 1 is 1.35 bits per heavy atom. The highest BCUT2D eigenvalue weighted by atomic mass is 16.5. The van der Waals surface area contributed by atoms with Crippen LogP contribution in [0.1, 0.15) is 33.3 Å². The molecule has 0 aliphatic heterocycles. The Labute approximate surface area is 137 Å². The van der Waals surface area contributed by atoms with Crippen molar-refractivity contribution in [2.24, 2.45) is 5.92 Å². The average Bonchev–Trinajstić information content (AvgIpc) is 2.51. The SMILES string of the molecule is CC(C)NCC(O)COc1ccc(NC(=O)C(C)C)cc1C#N. The van der Waals surface area contributed by atoms with Gasteiger partial charge in [-0.1, -0.05) is 27.7 Å². The molecule has 0 bridgehead atoms. The molecule has 1 atom stereocenters. The Morgan fingerprint density at radius 3 is 2.61 bits per heavy atom. The van der Waals surface area contributed by atoms with E-state index in [9.17, 15) is 15.2 Å². The number of benzene rings is 1. The number of carbonyl (C=O) groups is 1. The fourth-order valence-electron chi connectivity index (χ4n) is 1.72. The van der Waals surface area contributed by atoms with Crippen molar-refractivity contribution in [2.75, 3.05) is 18.5 Å². The van der Waals surface area contributed by atoms with Crippen LogP contribution in [0.4, 0.5) is 5.69 Å². The van der Waals surface area contributed by atoms with Crippen LogP contribution in [0, 0.1) is 17.2 Å². The van der Waals surface area contributed by atoms with Gasteiger partial charge in [0, 0.05) is 24.2 Å². The molecule has 1 rings (SSSR count). The molecule has 1 aromatic rings. The minimum Gasteiger partial charge on any atom is -0.489 e. The van der Waals surface area contributed by atoms with Gasteiger partial charge >= 0.3 is 0 Å². The van der Waals surface area contributed by atoms with Gasteiger partial charge in [-0.25, -0.2) is 0 Å². The number of hydrogen-bond acceptors (Lipinski definition) is 5. The van der Waals surface area contributed by atoms with Crippen molar-refractivity contribution in [1.82, 2.24) is 5.32 Å². The first-order chi connectivity index (χ1) is 10.8. The maximum atomic E-state index is 11.7. The molecule has 1 amide bonds. The summed E-state index contributed by atoms with van der Waals surface area (Å²) in [5.41, 5.74) is 0.866. The quantitative estimate of drug-likeness (QED) is 0.680. The molecule has 6 nitrogen and oxygen atoms in total. The van der Waals surface area contributed by atoms with Crippen molar-refractivity contribution in [1.29, 1.82) is 5.26 Å².